The van der Waals surface area contributed by atoms with Crippen LogP contribution in [-0.2, 0) is 0 Å². The van der Waals surface area contributed by atoms with Gasteiger partial charge in [-0.25, -0.2) is 0 Å². The van der Waals surface area contributed by atoms with Crippen molar-refractivity contribution in [1.29, 1.82) is 5.26 Å². The Morgan fingerprint density at radius 3 is 2.92 bits per heavy atom. The first kappa shape index (κ1) is 8.42. The Balaban J connectivity index is 2.99. The molecule has 0 saturated carbocycles. The van der Waals surface area contributed by atoms with Crippen LogP contribution in [0.15, 0.2) is 22.4 Å². The van der Waals surface area contributed by atoms with Crippen molar-refractivity contribution in [2.45, 2.75) is 4.90 Å². The number of rotatable bonds is 0. The van der Waals surface area contributed by atoms with Crippen LogP contribution < -0.4 is 5.73 Å². The van der Waals surface area contributed by atoms with Crippen LogP contribution in [0.3, 0.4) is 0 Å². The smallest absolute Gasteiger partial charge is 0.0999 e. The number of fused-ring (bicyclic) bond motifs is 1. The number of nitriles is 1. The highest BCUT2D eigenvalue weighted by Crippen LogP contribution is 2.34. The molecule has 64 valence electrons. The quantitative estimate of drug-likeness (QED) is 0.651. The van der Waals surface area contributed by atoms with E-state index in [1.807, 2.05) is 11.4 Å². The van der Waals surface area contributed by atoms with Crippen LogP contribution in [0.4, 0.5) is 5.69 Å². The lowest BCUT2D eigenvalue weighted by atomic mass is 10.1. The Morgan fingerprint density at radius 1 is 1.46 bits per heavy atom. The fourth-order valence-corrected chi connectivity index (χ4v) is 2.49. The van der Waals surface area contributed by atoms with E-state index < -0.39 is 0 Å². The van der Waals surface area contributed by atoms with E-state index in [2.05, 4.69) is 18.7 Å². The van der Waals surface area contributed by atoms with E-state index in [9.17, 15) is 0 Å². The van der Waals surface area contributed by atoms with E-state index in [4.69, 9.17) is 11.0 Å². The van der Waals surface area contributed by atoms with Gasteiger partial charge in [0.1, 0.15) is 0 Å². The molecule has 2 aromatic rings. The third-order valence-corrected chi connectivity index (χ3v) is 3.41. The molecule has 2 nitrogen and oxygen atoms in total. The first-order chi connectivity index (χ1) is 6.24. The maximum absolute atomic E-state index is 8.84. The summed E-state index contributed by atoms with van der Waals surface area (Å²) in [7, 11) is 0. The molecule has 0 aliphatic carbocycles. The van der Waals surface area contributed by atoms with Crippen molar-refractivity contribution in [1.82, 2.24) is 0 Å². The highest BCUT2D eigenvalue weighted by Gasteiger charge is 2.08. The van der Waals surface area contributed by atoms with Gasteiger partial charge in [-0.2, -0.15) is 5.26 Å². The second-order valence-corrected chi connectivity index (χ2v) is 4.00. The van der Waals surface area contributed by atoms with Crippen molar-refractivity contribution < 1.29 is 0 Å². The average molecular weight is 206 g/mol. The summed E-state index contributed by atoms with van der Waals surface area (Å²) in [6.07, 6.45) is 0. The molecule has 0 amide bonds. The molecule has 0 fully saturated rings. The highest BCUT2D eigenvalue weighted by molar-refractivity contribution is 7.80. The maximum atomic E-state index is 8.84. The minimum absolute atomic E-state index is 0.617. The monoisotopic (exact) mass is 206 g/mol. The number of nitrogens with zero attached hydrogens (tertiary/aromatic N) is 1. The predicted molar refractivity (Wildman–Crippen MR) is 58.2 cm³/mol. The van der Waals surface area contributed by atoms with Crippen molar-refractivity contribution in [2.75, 3.05) is 5.73 Å². The Labute approximate surface area is 85.0 Å². The molecule has 0 atom stereocenters. The lowest BCUT2D eigenvalue weighted by Crippen LogP contribution is -1.84. The topological polar surface area (TPSA) is 49.8 Å². The number of nitrogens with two attached hydrogens (primary N) is 1. The summed E-state index contributed by atoms with van der Waals surface area (Å²) in [5.41, 5.74) is 7.02. The Kier molecular flexibility index (Phi) is 1.91. The fraction of sp³-hybridized carbons (Fsp3) is 0. The lowest BCUT2D eigenvalue weighted by molar-refractivity contribution is 1.49. The number of hydrogen-bond donors (Lipinski definition) is 2. The van der Waals surface area contributed by atoms with E-state index in [-0.39, 0.29) is 0 Å². The Hall–Kier alpha value is -1.18. The molecule has 0 aliphatic heterocycles. The van der Waals surface area contributed by atoms with Gasteiger partial charge in [-0.15, -0.1) is 24.0 Å². The van der Waals surface area contributed by atoms with Crippen molar-refractivity contribution in [3.63, 3.8) is 0 Å². The lowest BCUT2D eigenvalue weighted by Gasteiger charge is -1.97. The van der Waals surface area contributed by atoms with Crippen LogP contribution in [0.2, 0.25) is 0 Å². The molecule has 13 heavy (non-hydrogen) atoms. The van der Waals surface area contributed by atoms with Gasteiger partial charge in [0, 0.05) is 15.7 Å². The zero-order valence-corrected chi connectivity index (χ0v) is 8.32. The highest BCUT2D eigenvalue weighted by atomic mass is 32.1. The standard InChI is InChI=1S/C9H6N2S2/c10-3-5-1-2-7(12)9-8(5)6(11)4-13-9/h1-2,4,12H,11H2. The van der Waals surface area contributed by atoms with E-state index in [0.29, 0.717) is 11.3 Å². The van der Waals surface area contributed by atoms with Crippen LogP contribution in [0.25, 0.3) is 10.1 Å². The molecule has 1 heterocycles. The third-order valence-electron chi connectivity index (χ3n) is 1.85. The number of hydrogen-bond acceptors (Lipinski definition) is 4. The molecule has 0 spiro atoms. The summed E-state index contributed by atoms with van der Waals surface area (Å²) >= 11 is 5.81. The number of nitrogen functional groups attached to an aromatic ring is 1. The molecular formula is C9H6N2S2. The van der Waals surface area contributed by atoms with Gasteiger partial charge >= 0.3 is 0 Å². The van der Waals surface area contributed by atoms with Gasteiger partial charge in [0.2, 0.25) is 0 Å². The van der Waals surface area contributed by atoms with Crippen LogP contribution in [-0.4, -0.2) is 0 Å². The summed E-state index contributed by atoms with van der Waals surface area (Å²) < 4.78 is 0.986. The maximum Gasteiger partial charge on any atom is 0.0999 e. The minimum Gasteiger partial charge on any atom is -0.398 e. The number of thiol groups is 1. The summed E-state index contributed by atoms with van der Waals surface area (Å²) in [5.74, 6) is 0. The number of benzene rings is 1. The Bertz CT molecular complexity index is 508. The normalized spacial score (nSPS) is 10.2. The Morgan fingerprint density at radius 2 is 2.23 bits per heavy atom. The van der Waals surface area contributed by atoms with Crippen molar-refractivity contribution in [3.8, 4) is 6.07 Å². The third kappa shape index (κ3) is 1.17. The van der Waals surface area contributed by atoms with E-state index in [0.717, 1.165) is 15.0 Å². The molecule has 0 radical (unpaired) electrons. The average Bonchev–Trinajstić information content (AvgIpc) is 2.51. The van der Waals surface area contributed by atoms with Crippen LogP contribution in [0.1, 0.15) is 5.56 Å². The van der Waals surface area contributed by atoms with Gasteiger partial charge in [0.25, 0.3) is 0 Å². The van der Waals surface area contributed by atoms with Crippen LogP contribution in [0, 0.1) is 11.3 Å². The zero-order chi connectivity index (χ0) is 9.42. The first-order valence-electron chi connectivity index (χ1n) is 3.63. The second-order valence-electron chi connectivity index (χ2n) is 2.64. The van der Waals surface area contributed by atoms with Gasteiger partial charge < -0.3 is 5.73 Å². The molecule has 4 heteroatoms. The first-order valence-corrected chi connectivity index (χ1v) is 4.95. The fourth-order valence-electron chi connectivity index (χ4n) is 1.25. The molecular weight excluding hydrogens is 200 g/mol. The van der Waals surface area contributed by atoms with Gasteiger partial charge in [0.15, 0.2) is 0 Å². The SMILES string of the molecule is N#Cc1ccc(S)c2scc(N)c12. The molecule has 1 aromatic carbocycles. The molecule has 2 N–H and O–H groups in total. The minimum atomic E-state index is 0.617. The molecule has 0 saturated heterocycles. The van der Waals surface area contributed by atoms with E-state index in [1.165, 1.54) is 11.3 Å². The largest absolute Gasteiger partial charge is 0.398 e. The summed E-state index contributed by atoms with van der Waals surface area (Å²) in [4.78, 5) is 0.871. The second kappa shape index (κ2) is 2.95. The van der Waals surface area contributed by atoms with Crippen LogP contribution in [0.5, 0.6) is 0 Å². The van der Waals surface area contributed by atoms with Gasteiger partial charge in [0.05, 0.1) is 22.0 Å². The summed E-state index contributed by atoms with van der Waals surface area (Å²) in [6.45, 7) is 0. The van der Waals surface area contributed by atoms with Gasteiger partial charge in [-0.1, -0.05) is 0 Å². The summed E-state index contributed by atoms with van der Waals surface area (Å²) in [6, 6.07) is 5.68. The molecule has 1 aromatic heterocycles. The van der Waals surface area contributed by atoms with E-state index >= 15 is 0 Å². The molecule has 2 rings (SSSR count). The van der Waals surface area contributed by atoms with E-state index in [1.54, 1.807) is 6.07 Å². The van der Waals surface area contributed by atoms with Crippen molar-refractivity contribution in [2.24, 2.45) is 0 Å². The number of anilines is 1. The van der Waals surface area contributed by atoms with Gasteiger partial charge in [-0.3, -0.25) is 0 Å². The zero-order valence-electron chi connectivity index (χ0n) is 6.61. The van der Waals surface area contributed by atoms with Gasteiger partial charge in [-0.05, 0) is 12.1 Å². The van der Waals surface area contributed by atoms with Crippen molar-refractivity contribution >= 4 is 39.7 Å². The van der Waals surface area contributed by atoms with Crippen LogP contribution >= 0.6 is 24.0 Å². The predicted octanol–water partition coefficient (Wildman–Crippen LogP) is 2.64. The van der Waals surface area contributed by atoms with Crippen molar-refractivity contribution in [3.05, 3.63) is 23.1 Å². The number of thiophene rings is 1. The molecule has 0 unspecified atom stereocenters. The molecule has 0 bridgehead atoms. The molecule has 0 aliphatic rings. The summed E-state index contributed by atoms with van der Waals surface area (Å²) in [5, 5.41) is 11.5.